The molecule has 2 aromatic carbocycles. The number of benzene rings is 2. The van der Waals surface area contributed by atoms with Gasteiger partial charge >= 0.3 is 0 Å². The zero-order chi connectivity index (χ0) is 19.2. The van der Waals surface area contributed by atoms with Gasteiger partial charge in [0.1, 0.15) is 0 Å². The van der Waals surface area contributed by atoms with Crippen LogP contribution in [-0.4, -0.2) is 37.9 Å². The minimum atomic E-state index is -3.80. The number of hydrogen-bond donors (Lipinski definition) is 0. The van der Waals surface area contributed by atoms with Crippen LogP contribution in [0.1, 0.15) is 34.3 Å². The molecule has 27 heavy (non-hydrogen) atoms. The molecule has 2 aromatic rings. The van der Waals surface area contributed by atoms with Crippen LogP contribution in [0.3, 0.4) is 0 Å². The van der Waals surface area contributed by atoms with E-state index in [-0.39, 0.29) is 17.5 Å². The van der Waals surface area contributed by atoms with E-state index in [9.17, 15) is 13.2 Å². The molecule has 7 heteroatoms. The van der Waals surface area contributed by atoms with Gasteiger partial charge in [0.25, 0.3) is 0 Å². The maximum atomic E-state index is 13.2. The fourth-order valence-electron chi connectivity index (χ4n) is 3.55. The van der Waals surface area contributed by atoms with Gasteiger partial charge in [0.2, 0.25) is 16.8 Å². The van der Waals surface area contributed by atoms with Crippen molar-refractivity contribution in [2.45, 2.75) is 37.6 Å². The quantitative estimate of drug-likeness (QED) is 0.754. The fraction of sp³-hybridized carbons (Fsp3) is 0.350. The van der Waals surface area contributed by atoms with Gasteiger partial charge in [-0.1, -0.05) is 12.1 Å². The SMILES string of the molecule is Cc1ccc(C(=O)C2CCCN2S(=O)(=O)c2ccc3c(c2)OCO3)cc1C. The van der Waals surface area contributed by atoms with Gasteiger partial charge in [-0.25, -0.2) is 8.42 Å². The molecule has 142 valence electrons. The van der Waals surface area contributed by atoms with Crippen molar-refractivity contribution in [3.63, 3.8) is 0 Å². The van der Waals surface area contributed by atoms with E-state index in [0.29, 0.717) is 36.4 Å². The third-order valence-electron chi connectivity index (χ3n) is 5.25. The van der Waals surface area contributed by atoms with Gasteiger partial charge in [0, 0.05) is 18.2 Å². The Morgan fingerprint density at radius 2 is 1.81 bits per heavy atom. The Labute approximate surface area is 158 Å². The lowest BCUT2D eigenvalue weighted by molar-refractivity contribution is 0.0918. The van der Waals surface area contributed by atoms with Crippen molar-refractivity contribution >= 4 is 15.8 Å². The van der Waals surface area contributed by atoms with Crippen molar-refractivity contribution in [2.24, 2.45) is 0 Å². The smallest absolute Gasteiger partial charge is 0.243 e. The zero-order valence-electron chi connectivity index (χ0n) is 15.3. The number of carbonyl (C=O) groups is 1. The number of fused-ring (bicyclic) bond motifs is 1. The largest absolute Gasteiger partial charge is 0.454 e. The summed E-state index contributed by atoms with van der Waals surface area (Å²) in [5.41, 5.74) is 2.67. The van der Waals surface area contributed by atoms with Crippen molar-refractivity contribution in [2.75, 3.05) is 13.3 Å². The third kappa shape index (κ3) is 3.11. The molecule has 2 aliphatic rings. The standard InChI is InChI=1S/C20H21NO5S/c1-13-5-6-15(10-14(13)2)20(22)17-4-3-9-21(17)27(23,24)16-7-8-18-19(11-16)26-12-25-18/h5-8,10-11,17H,3-4,9,12H2,1-2H3. The number of hydrogen-bond acceptors (Lipinski definition) is 5. The molecule has 1 unspecified atom stereocenters. The van der Waals surface area contributed by atoms with E-state index in [1.54, 1.807) is 12.1 Å². The first kappa shape index (κ1) is 18.0. The zero-order valence-corrected chi connectivity index (χ0v) is 16.1. The van der Waals surface area contributed by atoms with Crippen molar-refractivity contribution < 1.29 is 22.7 Å². The molecule has 2 aliphatic heterocycles. The topological polar surface area (TPSA) is 72.9 Å². The van der Waals surface area contributed by atoms with E-state index in [0.717, 1.165) is 11.1 Å². The Bertz CT molecular complexity index is 1020. The van der Waals surface area contributed by atoms with Crippen molar-refractivity contribution in [3.05, 3.63) is 53.1 Å². The van der Waals surface area contributed by atoms with Gasteiger partial charge < -0.3 is 9.47 Å². The molecule has 0 saturated carbocycles. The molecule has 0 amide bonds. The highest BCUT2D eigenvalue weighted by Crippen LogP contribution is 2.36. The monoisotopic (exact) mass is 387 g/mol. The molecule has 0 N–H and O–H groups in total. The second-order valence-electron chi connectivity index (χ2n) is 6.95. The van der Waals surface area contributed by atoms with Gasteiger partial charge in [-0.05, 0) is 56.0 Å². The summed E-state index contributed by atoms with van der Waals surface area (Å²) >= 11 is 0. The number of ketones is 1. The highest BCUT2D eigenvalue weighted by Gasteiger charge is 2.40. The molecular formula is C20H21NO5S. The molecule has 0 spiro atoms. The third-order valence-corrected chi connectivity index (χ3v) is 7.15. The van der Waals surface area contributed by atoms with Crippen LogP contribution in [0.15, 0.2) is 41.3 Å². The minimum Gasteiger partial charge on any atom is -0.454 e. The van der Waals surface area contributed by atoms with E-state index < -0.39 is 16.1 Å². The number of aryl methyl sites for hydroxylation is 2. The van der Waals surface area contributed by atoms with Gasteiger partial charge in [-0.15, -0.1) is 0 Å². The highest BCUT2D eigenvalue weighted by atomic mass is 32.2. The van der Waals surface area contributed by atoms with Gasteiger partial charge in [0.05, 0.1) is 10.9 Å². The number of sulfonamides is 1. The van der Waals surface area contributed by atoms with Crippen LogP contribution in [0.2, 0.25) is 0 Å². The molecule has 0 aliphatic carbocycles. The molecule has 1 saturated heterocycles. The summed E-state index contributed by atoms with van der Waals surface area (Å²) in [5.74, 6) is 0.783. The van der Waals surface area contributed by atoms with E-state index in [2.05, 4.69) is 0 Å². The highest BCUT2D eigenvalue weighted by molar-refractivity contribution is 7.89. The number of nitrogens with zero attached hydrogens (tertiary/aromatic N) is 1. The molecule has 0 bridgehead atoms. The second-order valence-corrected chi connectivity index (χ2v) is 8.84. The van der Waals surface area contributed by atoms with Crippen LogP contribution in [0.5, 0.6) is 11.5 Å². The Balaban J connectivity index is 1.65. The minimum absolute atomic E-state index is 0.0798. The first-order valence-electron chi connectivity index (χ1n) is 8.91. The van der Waals surface area contributed by atoms with Gasteiger partial charge in [0.15, 0.2) is 17.3 Å². The summed E-state index contributed by atoms with van der Waals surface area (Å²) in [6.07, 6.45) is 1.18. The number of ether oxygens (including phenoxy) is 2. The molecule has 4 rings (SSSR count). The summed E-state index contributed by atoms with van der Waals surface area (Å²) < 4.78 is 38.2. The Hall–Kier alpha value is -2.38. The van der Waals surface area contributed by atoms with E-state index >= 15 is 0 Å². The lowest BCUT2D eigenvalue weighted by Crippen LogP contribution is -2.40. The predicted molar refractivity (Wildman–Crippen MR) is 99.7 cm³/mol. The van der Waals surface area contributed by atoms with Crippen LogP contribution < -0.4 is 9.47 Å². The fourth-order valence-corrected chi connectivity index (χ4v) is 5.22. The first-order valence-corrected chi connectivity index (χ1v) is 10.3. The van der Waals surface area contributed by atoms with Crippen molar-refractivity contribution in [1.82, 2.24) is 4.31 Å². The molecule has 2 heterocycles. The Morgan fingerprint density at radius 1 is 1.04 bits per heavy atom. The van der Waals surface area contributed by atoms with Crippen molar-refractivity contribution in [3.8, 4) is 11.5 Å². The average molecular weight is 387 g/mol. The molecule has 0 aromatic heterocycles. The number of Topliss-reactive ketones (excluding diaryl/α,β-unsaturated/α-hetero) is 1. The second kappa shape index (κ2) is 6.65. The maximum Gasteiger partial charge on any atom is 0.243 e. The normalized spacial score (nSPS) is 19.4. The van der Waals surface area contributed by atoms with Gasteiger partial charge in [-0.3, -0.25) is 4.79 Å². The van der Waals surface area contributed by atoms with Crippen LogP contribution in [0.25, 0.3) is 0 Å². The van der Waals surface area contributed by atoms with E-state index in [1.807, 2.05) is 26.0 Å². The lowest BCUT2D eigenvalue weighted by atomic mass is 9.99. The molecule has 1 atom stereocenters. The van der Waals surface area contributed by atoms with Crippen molar-refractivity contribution in [1.29, 1.82) is 0 Å². The summed E-state index contributed by atoms with van der Waals surface area (Å²) in [5, 5.41) is 0. The number of rotatable bonds is 4. The van der Waals surface area contributed by atoms with Crippen LogP contribution in [-0.2, 0) is 10.0 Å². The first-order chi connectivity index (χ1) is 12.9. The van der Waals surface area contributed by atoms with Crippen LogP contribution >= 0.6 is 0 Å². The predicted octanol–water partition coefficient (Wildman–Crippen LogP) is 3.07. The Morgan fingerprint density at radius 3 is 2.59 bits per heavy atom. The van der Waals surface area contributed by atoms with E-state index in [4.69, 9.17) is 9.47 Å². The summed E-state index contributed by atoms with van der Waals surface area (Å²) in [6.45, 7) is 4.34. The molecular weight excluding hydrogens is 366 g/mol. The lowest BCUT2D eigenvalue weighted by Gasteiger charge is -2.23. The summed E-state index contributed by atoms with van der Waals surface area (Å²) in [6, 6.07) is 9.38. The van der Waals surface area contributed by atoms with Crippen LogP contribution in [0.4, 0.5) is 0 Å². The van der Waals surface area contributed by atoms with Crippen LogP contribution in [0, 0.1) is 13.8 Å². The molecule has 6 nitrogen and oxygen atoms in total. The molecule has 1 fully saturated rings. The van der Waals surface area contributed by atoms with Gasteiger partial charge in [-0.2, -0.15) is 4.31 Å². The molecule has 0 radical (unpaired) electrons. The average Bonchev–Trinajstić information content (AvgIpc) is 3.32. The van der Waals surface area contributed by atoms with E-state index in [1.165, 1.54) is 16.4 Å². The maximum absolute atomic E-state index is 13.2. The Kier molecular flexibility index (Phi) is 4.44. The number of carbonyl (C=O) groups excluding carboxylic acids is 1. The summed E-state index contributed by atoms with van der Waals surface area (Å²) in [4.78, 5) is 13.2. The summed E-state index contributed by atoms with van der Waals surface area (Å²) in [7, 11) is -3.80.